The first-order valence-corrected chi connectivity index (χ1v) is 19.0. The lowest BCUT2D eigenvalue weighted by Gasteiger charge is -2.39. The lowest BCUT2D eigenvalue weighted by molar-refractivity contribution is -0.153. The van der Waals surface area contributed by atoms with Gasteiger partial charge in [-0.2, -0.15) is 0 Å². The van der Waals surface area contributed by atoms with Gasteiger partial charge in [-0.25, -0.2) is 4.39 Å². The second-order valence-electron chi connectivity index (χ2n) is 13.6. The van der Waals surface area contributed by atoms with E-state index < -0.39 is 12.0 Å². The third-order valence-electron chi connectivity index (χ3n) is 9.48. The first-order valence-electron chi connectivity index (χ1n) is 18.2. The van der Waals surface area contributed by atoms with Gasteiger partial charge in [0.2, 0.25) is 0 Å². The van der Waals surface area contributed by atoms with Crippen molar-refractivity contribution in [1.82, 2.24) is 0 Å². The molecular formula is C46H51FO4S. The summed E-state index contributed by atoms with van der Waals surface area (Å²) in [6.45, 7) is 9.52. The van der Waals surface area contributed by atoms with Gasteiger partial charge in [0.15, 0.2) is 5.78 Å². The maximum absolute atomic E-state index is 14.6. The Morgan fingerprint density at radius 3 is 1.96 bits per heavy atom. The number of rotatable bonds is 17. The number of halogens is 1. The van der Waals surface area contributed by atoms with Gasteiger partial charge < -0.3 is 14.2 Å². The molecule has 52 heavy (non-hydrogen) atoms. The average Bonchev–Trinajstić information content (AvgIpc) is 3.62. The fourth-order valence-corrected chi connectivity index (χ4v) is 7.50. The molecule has 1 saturated carbocycles. The summed E-state index contributed by atoms with van der Waals surface area (Å²) in [5, 5.41) is 0. The Kier molecular flexibility index (Phi) is 15.1. The second kappa shape index (κ2) is 20.1. The summed E-state index contributed by atoms with van der Waals surface area (Å²) in [5.41, 5.74) is 7.59. The van der Waals surface area contributed by atoms with Crippen LogP contribution in [0.1, 0.15) is 67.0 Å². The van der Waals surface area contributed by atoms with Crippen molar-refractivity contribution in [2.45, 2.75) is 85.4 Å². The zero-order chi connectivity index (χ0) is 36.7. The predicted octanol–water partition coefficient (Wildman–Crippen LogP) is 11.3. The minimum Gasteiger partial charge on any atom is -0.376 e. The Bertz CT molecular complexity index is 1830. The molecule has 5 rings (SSSR count). The van der Waals surface area contributed by atoms with Crippen molar-refractivity contribution in [2.24, 2.45) is 5.92 Å². The van der Waals surface area contributed by atoms with Gasteiger partial charge in [-0.1, -0.05) is 120 Å². The number of hydrogen-bond acceptors (Lipinski definition) is 5. The number of ether oxygens (including phenoxy) is 3. The molecule has 0 aliphatic heterocycles. The quantitative estimate of drug-likeness (QED) is 0.0619. The van der Waals surface area contributed by atoms with E-state index in [1.54, 1.807) is 18.3 Å². The summed E-state index contributed by atoms with van der Waals surface area (Å²) >= 11 is 1.75. The molecule has 0 saturated heterocycles. The Morgan fingerprint density at radius 2 is 1.37 bits per heavy atom. The van der Waals surface area contributed by atoms with Crippen LogP contribution in [0, 0.1) is 5.92 Å². The van der Waals surface area contributed by atoms with Crippen molar-refractivity contribution >= 4 is 17.1 Å². The molecule has 6 heteroatoms. The summed E-state index contributed by atoms with van der Waals surface area (Å²) in [6.07, 6.45) is 6.69. The van der Waals surface area contributed by atoms with Crippen LogP contribution < -0.4 is 0 Å². The van der Waals surface area contributed by atoms with Gasteiger partial charge in [0, 0.05) is 29.0 Å². The molecule has 0 radical (unpaired) electrons. The molecule has 272 valence electrons. The normalized spacial score (nSPS) is 18.9. The number of Topliss-reactive ketones (excluding diaryl/α,β-unsaturated/α-hetero) is 1. The molecular weight excluding hydrogens is 668 g/mol. The minimum atomic E-state index is -0.526. The van der Waals surface area contributed by atoms with Gasteiger partial charge in [-0.05, 0) is 74.6 Å². The van der Waals surface area contributed by atoms with Crippen LogP contribution in [0.3, 0.4) is 0 Å². The monoisotopic (exact) mass is 718 g/mol. The lowest BCUT2D eigenvalue weighted by Crippen LogP contribution is -2.49. The molecule has 0 spiro atoms. The number of benzene rings is 3. The van der Waals surface area contributed by atoms with Gasteiger partial charge in [0.1, 0.15) is 5.83 Å². The summed E-state index contributed by atoms with van der Waals surface area (Å²) in [4.78, 5) is 17.1. The molecule has 1 heterocycles. The van der Waals surface area contributed by atoms with Crippen molar-refractivity contribution < 1.29 is 23.4 Å². The molecule has 1 aromatic heterocycles. The van der Waals surface area contributed by atoms with Gasteiger partial charge >= 0.3 is 0 Å². The fraction of sp³-hybridized carbons (Fsp3) is 0.326. The van der Waals surface area contributed by atoms with Crippen LogP contribution in [0.15, 0.2) is 149 Å². The number of carbonyl (C=O) groups excluding carboxylic acids is 1. The average molecular weight is 719 g/mol. The summed E-state index contributed by atoms with van der Waals surface area (Å²) in [6, 6.07) is 34.6. The van der Waals surface area contributed by atoms with Crippen LogP contribution in [0.2, 0.25) is 0 Å². The number of ketones is 1. The van der Waals surface area contributed by atoms with Crippen LogP contribution in [0.5, 0.6) is 0 Å². The van der Waals surface area contributed by atoms with Crippen molar-refractivity contribution in [3.63, 3.8) is 0 Å². The molecule has 0 amide bonds. The zero-order valence-corrected chi connectivity index (χ0v) is 31.7. The molecule has 0 N–H and O–H groups in total. The maximum atomic E-state index is 14.6. The third kappa shape index (κ3) is 11.7. The van der Waals surface area contributed by atoms with Crippen molar-refractivity contribution in [2.75, 3.05) is 6.61 Å². The van der Waals surface area contributed by atoms with E-state index in [4.69, 9.17) is 14.2 Å². The SMILES string of the molecule is CC=C(F)C=CCc1ccc(CC(C/C(C)=C2\CC(OCc3ccccc3)C(OCc3ccccc3)C(COCc3ccccc3)C2=O)=C(C)C)s1. The molecule has 4 nitrogen and oxygen atoms in total. The van der Waals surface area contributed by atoms with E-state index in [0.29, 0.717) is 39.1 Å². The summed E-state index contributed by atoms with van der Waals surface area (Å²) in [5.74, 6) is -0.673. The molecule has 0 bridgehead atoms. The van der Waals surface area contributed by atoms with Crippen LogP contribution in [0.4, 0.5) is 4.39 Å². The summed E-state index contributed by atoms with van der Waals surface area (Å²) in [7, 11) is 0. The maximum Gasteiger partial charge on any atom is 0.167 e. The highest BCUT2D eigenvalue weighted by Gasteiger charge is 2.43. The summed E-state index contributed by atoms with van der Waals surface area (Å²) < 4.78 is 33.2. The zero-order valence-electron chi connectivity index (χ0n) is 30.9. The Balaban J connectivity index is 1.40. The van der Waals surface area contributed by atoms with Gasteiger partial charge in [-0.3, -0.25) is 4.79 Å². The number of thiophene rings is 1. The minimum absolute atomic E-state index is 0.0786. The highest BCUT2D eigenvalue weighted by molar-refractivity contribution is 7.12. The number of allylic oxidation sites excluding steroid dienone is 7. The van der Waals surface area contributed by atoms with Gasteiger partial charge in [-0.15, -0.1) is 11.3 Å². The standard InChI is InChI=1S/C46H51FO4S/c1-5-39(47)22-15-23-40-24-25-41(52-40)27-38(33(2)3)26-34(4)42-28-44(50-30-36-18-11-7-12-19-36)46(51-31-37-20-13-8-14-21-37)43(45(42)48)32-49-29-35-16-9-6-10-17-35/h5-22,24-25,43-44,46H,23,26-32H2,1-4H3/b22-15?,39-5?,42-34+. The first-order chi connectivity index (χ1) is 25.3. The van der Waals surface area contributed by atoms with E-state index >= 15 is 0 Å². The van der Waals surface area contributed by atoms with E-state index in [1.165, 1.54) is 33.1 Å². The molecule has 3 unspecified atom stereocenters. The number of hydrogen-bond donors (Lipinski definition) is 0. The van der Waals surface area contributed by atoms with Gasteiger partial charge in [0.05, 0.1) is 44.6 Å². The third-order valence-corrected chi connectivity index (χ3v) is 10.6. The Labute approximate surface area is 313 Å². The molecule has 3 aromatic carbocycles. The molecule has 1 fully saturated rings. The highest BCUT2D eigenvalue weighted by atomic mass is 32.1. The molecule has 1 aliphatic rings. The van der Waals surface area contributed by atoms with Crippen LogP contribution in [-0.2, 0) is 51.7 Å². The van der Waals surface area contributed by atoms with E-state index in [0.717, 1.165) is 34.3 Å². The van der Waals surface area contributed by atoms with Crippen molar-refractivity contribution in [3.05, 3.63) is 176 Å². The first kappa shape index (κ1) is 39.0. The van der Waals surface area contributed by atoms with Crippen LogP contribution in [0.25, 0.3) is 0 Å². The van der Waals surface area contributed by atoms with E-state index in [9.17, 15) is 9.18 Å². The van der Waals surface area contributed by atoms with E-state index in [1.807, 2.05) is 84.9 Å². The number of carbonyl (C=O) groups is 1. The molecule has 1 aliphatic carbocycles. The van der Waals surface area contributed by atoms with Crippen LogP contribution >= 0.6 is 11.3 Å². The predicted molar refractivity (Wildman–Crippen MR) is 211 cm³/mol. The molecule has 4 aromatic rings. The van der Waals surface area contributed by atoms with Crippen molar-refractivity contribution in [3.8, 4) is 0 Å². The largest absolute Gasteiger partial charge is 0.376 e. The Hall–Kier alpha value is -4.20. The Morgan fingerprint density at radius 1 is 0.788 bits per heavy atom. The highest BCUT2D eigenvalue weighted by Crippen LogP contribution is 2.36. The van der Waals surface area contributed by atoms with Gasteiger partial charge in [0.25, 0.3) is 0 Å². The lowest BCUT2D eigenvalue weighted by atomic mass is 9.77. The van der Waals surface area contributed by atoms with E-state index in [-0.39, 0.29) is 24.3 Å². The molecule has 3 atom stereocenters. The topological polar surface area (TPSA) is 44.8 Å². The van der Waals surface area contributed by atoms with Crippen LogP contribution in [-0.4, -0.2) is 24.6 Å². The van der Waals surface area contributed by atoms with E-state index in [2.05, 4.69) is 45.0 Å². The second-order valence-corrected chi connectivity index (χ2v) is 14.9. The smallest absolute Gasteiger partial charge is 0.167 e. The van der Waals surface area contributed by atoms with Crippen molar-refractivity contribution in [1.29, 1.82) is 0 Å². The fourth-order valence-electron chi connectivity index (χ4n) is 6.47.